The van der Waals surface area contributed by atoms with E-state index in [1.165, 1.54) is 0 Å². The maximum absolute atomic E-state index is 12.6. The Morgan fingerprint density at radius 3 is 1.80 bits per heavy atom. The average Bonchev–Trinajstić information content (AvgIpc) is 3.07. The highest BCUT2D eigenvalue weighted by Crippen LogP contribution is 2.43. The lowest BCUT2D eigenvalue weighted by atomic mass is 9.79. The van der Waals surface area contributed by atoms with Gasteiger partial charge in [0.1, 0.15) is 104 Å². The fourth-order valence-corrected chi connectivity index (χ4v) is 6.60. The molecule has 0 saturated carbocycles. The zero-order chi connectivity index (χ0) is 37.2. The van der Waals surface area contributed by atoms with Crippen LogP contribution in [0.5, 0.6) is 0 Å². The second-order valence-corrected chi connectivity index (χ2v) is 12.6. The third kappa shape index (κ3) is 7.92. The van der Waals surface area contributed by atoms with Crippen LogP contribution in [-0.4, -0.2) is 215 Å². The molecule has 4 saturated heterocycles. The monoisotopic (exact) mass is 731 g/mol. The van der Waals surface area contributed by atoms with Crippen LogP contribution in [0.4, 0.5) is 0 Å². The Morgan fingerprint density at radius 2 is 1.24 bits per heavy atom. The average molecular weight is 732 g/mol. The second kappa shape index (κ2) is 16.9. The van der Waals surface area contributed by atoms with Gasteiger partial charge in [0.15, 0.2) is 6.29 Å². The van der Waals surface area contributed by atoms with Crippen LogP contribution in [-0.2, 0) is 38.0 Å². The van der Waals surface area contributed by atoms with E-state index in [0.717, 1.165) is 20.5 Å². The molecule has 4 heterocycles. The van der Waals surface area contributed by atoms with E-state index in [2.05, 4.69) is 10.6 Å². The molecule has 3 unspecified atom stereocenters. The third-order valence-electron chi connectivity index (χ3n) is 9.13. The van der Waals surface area contributed by atoms with Crippen LogP contribution >= 0.6 is 0 Å². The molecule has 22 nitrogen and oxygen atoms in total. The van der Waals surface area contributed by atoms with Crippen LogP contribution in [0.15, 0.2) is 0 Å². The van der Waals surface area contributed by atoms with Gasteiger partial charge in [-0.25, -0.2) is 0 Å². The van der Waals surface area contributed by atoms with Crippen molar-refractivity contribution in [2.24, 2.45) is 0 Å². The van der Waals surface area contributed by atoms with Crippen LogP contribution in [0.2, 0.25) is 0 Å². The Labute approximate surface area is 284 Å². The van der Waals surface area contributed by atoms with Crippen molar-refractivity contribution in [2.75, 3.05) is 26.4 Å². The maximum atomic E-state index is 12.6. The number of carbonyl (C=O) groups is 2. The Morgan fingerprint density at radius 1 is 0.660 bits per heavy atom. The van der Waals surface area contributed by atoms with Crippen LogP contribution < -0.4 is 10.6 Å². The highest BCUT2D eigenvalue weighted by molar-refractivity contribution is 5.74. The molecule has 289 valence electrons. The molecule has 0 aromatic rings. The topological polar surface area (TPSA) is 356 Å². The van der Waals surface area contributed by atoms with Crippen molar-refractivity contribution in [1.82, 2.24) is 10.6 Å². The zero-order valence-electron chi connectivity index (χ0n) is 26.9. The lowest BCUT2D eigenvalue weighted by Gasteiger charge is -2.58. The van der Waals surface area contributed by atoms with E-state index in [9.17, 15) is 70.9 Å². The summed E-state index contributed by atoms with van der Waals surface area (Å²) in [6.45, 7) is -0.886. The summed E-state index contributed by atoms with van der Waals surface area (Å²) in [6, 6.07) is -3.81. The summed E-state index contributed by atoms with van der Waals surface area (Å²) < 4.78 is 34.6. The molecule has 4 fully saturated rings. The molecule has 50 heavy (non-hydrogen) atoms. The van der Waals surface area contributed by atoms with Gasteiger partial charge in [-0.1, -0.05) is 0 Å². The minimum absolute atomic E-state index is 0.791. The van der Waals surface area contributed by atoms with E-state index in [0.29, 0.717) is 0 Å². The van der Waals surface area contributed by atoms with Crippen molar-refractivity contribution in [3.63, 3.8) is 0 Å². The van der Waals surface area contributed by atoms with Crippen LogP contribution in [0, 0.1) is 6.61 Å². The Hall–Kier alpha value is -1.78. The minimum Gasteiger partial charge on any atom is -0.394 e. The summed E-state index contributed by atoms with van der Waals surface area (Å²) >= 11 is 0. The van der Waals surface area contributed by atoms with Gasteiger partial charge < -0.3 is 100 Å². The fraction of sp³-hybridized carbons (Fsp3) is 0.893. The molecule has 22 heteroatoms. The molecule has 4 aliphatic rings. The van der Waals surface area contributed by atoms with E-state index in [1.54, 1.807) is 0 Å². The number of amides is 2. The number of nitrogens with one attached hydrogen (secondary N) is 2. The van der Waals surface area contributed by atoms with Gasteiger partial charge in [-0.3, -0.25) is 9.59 Å². The van der Waals surface area contributed by atoms with Crippen LogP contribution in [0.1, 0.15) is 13.8 Å². The number of hydrogen-bond acceptors (Lipinski definition) is 20. The first kappa shape index (κ1) is 41.0. The number of carbonyl (C=O) groups excluding carboxylic acids is 2. The highest BCUT2D eigenvalue weighted by atomic mass is 16.8. The normalized spacial score (nSPS) is 48.5. The number of aliphatic hydroxyl groups excluding tert-OH is 12. The number of ether oxygens (including phenoxy) is 6. The maximum Gasteiger partial charge on any atom is 0.221 e. The Bertz CT molecular complexity index is 1140. The molecule has 4 rings (SSSR count). The van der Waals surface area contributed by atoms with E-state index in [1.807, 2.05) is 0 Å². The van der Waals surface area contributed by atoms with E-state index < -0.39 is 154 Å². The van der Waals surface area contributed by atoms with Crippen molar-refractivity contribution in [3.8, 4) is 0 Å². The molecule has 0 aromatic carbocycles. The molecular weight excluding hydrogens is 684 g/mol. The number of rotatable bonds is 11. The fourth-order valence-electron chi connectivity index (χ4n) is 6.60. The minimum atomic E-state index is -2.83. The number of aliphatic hydroxyl groups is 12. The molecule has 0 bridgehead atoms. The van der Waals surface area contributed by atoms with Gasteiger partial charge in [0.2, 0.25) is 17.6 Å². The van der Waals surface area contributed by atoms with Gasteiger partial charge in [-0.15, -0.1) is 0 Å². The largest absolute Gasteiger partial charge is 0.394 e. The van der Waals surface area contributed by atoms with Gasteiger partial charge in [0.05, 0.1) is 32.5 Å². The van der Waals surface area contributed by atoms with Crippen LogP contribution in [0.25, 0.3) is 0 Å². The van der Waals surface area contributed by atoms with Crippen molar-refractivity contribution in [3.05, 3.63) is 6.61 Å². The quantitative estimate of drug-likeness (QED) is 0.0938. The highest BCUT2D eigenvalue weighted by Gasteiger charge is 2.67. The standard InChI is InChI=1S/C28H47N2O20/c1-8(35)29-15-19(41)24(48-27-22(44)20(42)16(38)12(4-32)47-27)14(6-34)46-26(15)28(50-23-10(37)7-45-11(3-31)18(23)40)25(30-9(2)36)21(43)17(39)13(5-33)49-28/h7,10-27,31-34,37-44H,3-6H2,1-2H3,(H,29,35)(H,30,36)/t10-,11+,12+,13+,14+,15+,16-,17+,18-,19+,20-,21-,22+,23+,24+,25+,26?,27?,28?/m0/s1. The van der Waals surface area contributed by atoms with Gasteiger partial charge in [0, 0.05) is 13.8 Å². The molecule has 0 spiro atoms. The van der Waals surface area contributed by atoms with Crippen molar-refractivity contribution in [2.45, 2.75) is 130 Å². The van der Waals surface area contributed by atoms with Gasteiger partial charge in [-0.05, 0) is 0 Å². The van der Waals surface area contributed by atoms with E-state index in [4.69, 9.17) is 28.4 Å². The lowest BCUT2D eigenvalue weighted by Crippen LogP contribution is -2.81. The first-order valence-corrected chi connectivity index (χ1v) is 15.8. The smallest absolute Gasteiger partial charge is 0.221 e. The zero-order valence-corrected chi connectivity index (χ0v) is 26.9. The van der Waals surface area contributed by atoms with Gasteiger partial charge in [0.25, 0.3) is 0 Å². The first-order chi connectivity index (χ1) is 23.6. The molecule has 14 N–H and O–H groups in total. The summed E-state index contributed by atoms with van der Waals surface area (Å²) in [4.78, 5) is 25.1. The van der Waals surface area contributed by atoms with Crippen molar-refractivity contribution >= 4 is 11.8 Å². The predicted molar refractivity (Wildman–Crippen MR) is 155 cm³/mol. The van der Waals surface area contributed by atoms with E-state index >= 15 is 0 Å². The molecule has 1 radical (unpaired) electrons. The summed E-state index contributed by atoms with van der Waals surface area (Å²) in [6.07, 6.45) is -29.4. The Kier molecular flexibility index (Phi) is 13.9. The molecule has 0 aliphatic carbocycles. The third-order valence-corrected chi connectivity index (χ3v) is 9.13. The molecule has 0 aromatic heterocycles. The van der Waals surface area contributed by atoms with Crippen LogP contribution in [0.3, 0.4) is 0 Å². The van der Waals surface area contributed by atoms with Crippen molar-refractivity contribution in [1.29, 1.82) is 0 Å². The van der Waals surface area contributed by atoms with Gasteiger partial charge in [-0.2, -0.15) is 0 Å². The molecule has 4 aliphatic heterocycles. The summed E-state index contributed by atoms with van der Waals surface area (Å²) in [5.74, 6) is -4.55. The van der Waals surface area contributed by atoms with E-state index in [-0.39, 0.29) is 0 Å². The lowest BCUT2D eigenvalue weighted by molar-refractivity contribution is -0.415. The summed E-state index contributed by atoms with van der Waals surface area (Å²) in [5, 5.41) is 132. The molecule has 19 atom stereocenters. The summed E-state index contributed by atoms with van der Waals surface area (Å²) in [7, 11) is 0. The first-order valence-electron chi connectivity index (χ1n) is 15.8. The second-order valence-electron chi connectivity index (χ2n) is 12.6. The molecular formula is C28H47N2O20. The van der Waals surface area contributed by atoms with Gasteiger partial charge >= 0.3 is 0 Å². The Balaban J connectivity index is 1.85. The molecule has 2 amide bonds. The SMILES string of the molecule is CC(=O)N[C@@H]1[C@@H](O)[C@H](O)[C@@H](CO)OC1(O[C@H]1[C@@H](O)[C@@H](CO)O[CH][C@@H]1O)C1O[C@H](CO)[C@@H](OC2O[C@H](CO)[C@H](O)[C@H](O)[C@H]2O)[C@H](O)[C@H]1NC(C)=O. The number of hydrogen-bond donors (Lipinski definition) is 14. The van der Waals surface area contributed by atoms with Crippen molar-refractivity contribution < 1.29 is 99.3 Å². The predicted octanol–water partition coefficient (Wildman–Crippen LogP) is -9.23. The summed E-state index contributed by atoms with van der Waals surface area (Å²) in [5.41, 5.74) is 0.